The Morgan fingerprint density at radius 2 is 2.05 bits per heavy atom. The Morgan fingerprint density at radius 1 is 1.41 bits per heavy atom. The number of aliphatic carboxylic acids is 1. The third kappa shape index (κ3) is 5.00. The number of nitrogens with zero attached hydrogens (tertiary/aromatic N) is 2. The lowest BCUT2D eigenvalue weighted by molar-refractivity contribution is -0.385. The number of amides is 1. The van der Waals surface area contributed by atoms with Crippen LogP contribution in [0.15, 0.2) is 23.1 Å². The molecular weight excluding hydrogens is 294 g/mol. The molecule has 0 aromatic carbocycles. The molecule has 1 aromatic heterocycles. The highest BCUT2D eigenvalue weighted by Gasteiger charge is 2.21. The lowest BCUT2D eigenvalue weighted by atomic mass is 10.0. The van der Waals surface area contributed by atoms with Crippen molar-refractivity contribution in [2.75, 3.05) is 0 Å². The number of carboxylic acids is 1. The van der Waals surface area contributed by atoms with Gasteiger partial charge in [-0.05, 0) is 12.3 Å². The molecule has 1 aromatic rings. The molecule has 0 bridgehead atoms. The molecule has 0 aliphatic rings. The number of rotatable bonds is 7. The number of pyridine rings is 1. The zero-order valence-electron chi connectivity index (χ0n) is 12.2. The van der Waals surface area contributed by atoms with Crippen LogP contribution in [0.4, 0.5) is 5.69 Å². The van der Waals surface area contributed by atoms with E-state index in [-0.39, 0.29) is 18.0 Å². The van der Waals surface area contributed by atoms with Gasteiger partial charge in [0.05, 0.1) is 11.1 Å². The van der Waals surface area contributed by atoms with Crippen molar-refractivity contribution in [2.24, 2.45) is 5.92 Å². The first-order valence-corrected chi connectivity index (χ1v) is 6.57. The maximum absolute atomic E-state index is 11.8. The quantitative estimate of drug-likeness (QED) is 0.552. The minimum absolute atomic E-state index is 0.0573. The van der Waals surface area contributed by atoms with Gasteiger partial charge in [0.15, 0.2) is 0 Å². The van der Waals surface area contributed by atoms with Crippen LogP contribution in [0.1, 0.15) is 20.3 Å². The van der Waals surface area contributed by atoms with Crippen molar-refractivity contribution in [2.45, 2.75) is 32.9 Å². The summed E-state index contributed by atoms with van der Waals surface area (Å²) in [5, 5.41) is 22.0. The summed E-state index contributed by atoms with van der Waals surface area (Å²) in [6.45, 7) is 3.14. The van der Waals surface area contributed by atoms with Gasteiger partial charge in [-0.3, -0.25) is 24.3 Å². The highest BCUT2D eigenvalue weighted by Crippen LogP contribution is 2.07. The van der Waals surface area contributed by atoms with Gasteiger partial charge in [-0.15, -0.1) is 0 Å². The summed E-state index contributed by atoms with van der Waals surface area (Å²) in [5.74, 6) is -1.81. The summed E-state index contributed by atoms with van der Waals surface area (Å²) < 4.78 is 0.863. The molecule has 0 spiro atoms. The van der Waals surface area contributed by atoms with E-state index in [1.807, 2.05) is 13.8 Å². The van der Waals surface area contributed by atoms with E-state index >= 15 is 0 Å². The number of nitro groups is 1. The minimum atomic E-state index is -1.17. The normalized spacial score (nSPS) is 12.0. The predicted molar refractivity (Wildman–Crippen MR) is 76.4 cm³/mol. The molecule has 9 nitrogen and oxygen atoms in total. The van der Waals surface area contributed by atoms with Crippen LogP contribution in [0, 0.1) is 16.0 Å². The number of carbonyl (C=O) groups excluding carboxylic acids is 1. The van der Waals surface area contributed by atoms with Crippen molar-refractivity contribution in [3.8, 4) is 0 Å². The number of hydrogen-bond donors (Lipinski definition) is 2. The first-order chi connectivity index (χ1) is 10.2. The molecule has 22 heavy (non-hydrogen) atoms. The van der Waals surface area contributed by atoms with Crippen molar-refractivity contribution < 1.29 is 19.6 Å². The van der Waals surface area contributed by atoms with Gasteiger partial charge >= 0.3 is 5.97 Å². The second-order valence-corrected chi connectivity index (χ2v) is 5.20. The number of aromatic nitrogens is 1. The van der Waals surface area contributed by atoms with Crippen molar-refractivity contribution in [3.63, 3.8) is 0 Å². The Bertz CT molecular complexity index is 637. The molecule has 1 heterocycles. The second kappa shape index (κ2) is 7.34. The molecule has 0 aliphatic carbocycles. The molecule has 0 saturated carbocycles. The zero-order chi connectivity index (χ0) is 16.9. The Kier molecular flexibility index (Phi) is 5.79. The fourth-order valence-corrected chi connectivity index (χ4v) is 1.84. The van der Waals surface area contributed by atoms with Crippen LogP contribution in [-0.4, -0.2) is 32.5 Å². The van der Waals surface area contributed by atoms with Gasteiger partial charge in [0.1, 0.15) is 12.6 Å². The molecule has 9 heteroatoms. The Morgan fingerprint density at radius 3 is 2.55 bits per heavy atom. The fraction of sp³-hybridized carbons (Fsp3) is 0.462. The summed E-state index contributed by atoms with van der Waals surface area (Å²) in [7, 11) is 0. The smallest absolute Gasteiger partial charge is 0.326 e. The van der Waals surface area contributed by atoms with Gasteiger partial charge < -0.3 is 10.4 Å². The summed E-state index contributed by atoms with van der Waals surface area (Å²) in [5.41, 5.74) is -0.916. The second-order valence-electron chi connectivity index (χ2n) is 5.20. The van der Waals surface area contributed by atoms with Gasteiger partial charge in [-0.2, -0.15) is 0 Å². The molecule has 0 radical (unpaired) electrons. The molecule has 2 N–H and O–H groups in total. The molecule has 1 atom stereocenters. The van der Waals surface area contributed by atoms with Crippen LogP contribution in [-0.2, 0) is 16.1 Å². The molecule has 1 rings (SSSR count). The lowest BCUT2D eigenvalue weighted by Crippen LogP contribution is -2.43. The van der Waals surface area contributed by atoms with E-state index in [2.05, 4.69) is 5.32 Å². The van der Waals surface area contributed by atoms with E-state index in [9.17, 15) is 24.5 Å². The van der Waals surface area contributed by atoms with E-state index in [0.29, 0.717) is 0 Å². The van der Waals surface area contributed by atoms with Crippen LogP contribution in [0.2, 0.25) is 0 Å². The molecule has 120 valence electrons. The van der Waals surface area contributed by atoms with E-state index < -0.39 is 34.9 Å². The molecule has 1 amide bonds. The molecule has 0 unspecified atom stereocenters. The third-order valence-corrected chi connectivity index (χ3v) is 2.83. The number of carbonyl (C=O) groups is 2. The number of carboxylic acid groups (broad SMARTS) is 1. The van der Waals surface area contributed by atoms with Gasteiger partial charge in [0, 0.05) is 12.1 Å². The number of hydrogen-bond acceptors (Lipinski definition) is 5. The van der Waals surface area contributed by atoms with Gasteiger partial charge in [0.25, 0.3) is 11.2 Å². The number of nitrogens with one attached hydrogen (secondary N) is 1. The van der Waals surface area contributed by atoms with Gasteiger partial charge in [-0.1, -0.05) is 13.8 Å². The lowest BCUT2D eigenvalue weighted by Gasteiger charge is -2.16. The monoisotopic (exact) mass is 311 g/mol. The van der Waals surface area contributed by atoms with Crippen molar-refractivity contribution >= 4 is 17.6 Å². The minimum Gasteiger partial charge on any atom is -0.480 e. The summed E-state index contributed by atoms with van der Waals surface area (Å²) in [4.78, 5) is 44.4. The van der Waals surface area contributed by atoms with E-state index in [1.54, 1.807) is 0 Å². The van der Waals surface area contributed by atoms with Crippen LogP contribution in [0.3, 0.4) is 0 Å². The molecule has 0 saturated heterocycles. The maximum Gasteiger partial charge on any atom is 0.326 e. The zero-order valence-corrected chi connectivity index (χ0v) is 12.2. The van der Waals surface area contributed by atoms with Crippen LogP contribution in [0.25, 0.3) is 0 Å². The Balaban J connectivity index is 2.84. The highest BCUT2D eigenvalue weighted by molar-refractivity contribution is 5.83. The van der Waals surface area contributed by atoms with Crippen LogP contribution >= 0.6 is 0 Å². The summed E-state index contributed by atoms with van der Waals surface area (Å²) >= 11 is 0. The first kappa shape index (κ1) is 17.3. The Hall–Kier alpha value is -2.71. The van der Waals surface area contributed by atoms with Crippen molar-refractivity contribution in [3.05, 3.63) is 38.8 Å². The van der Waals surface area contributed by atoms with Gasteiger partial charge in [-0.25, -0.2) is 4.79 Å². The van der Waals surface area contributed by atoms with Gasteiger partial charge in [0.2, 0.25) is 5.91 Å². The standard InChI is InChI=1S/C13H17N3O6/c1-8(2)5-10(13(19)20)14-11(17)7-15-6-9(16(21)22)3-4-12(15)18/h3-4,6,8,10H,5,7H2,1-2H3,(H,14,17)(H,19,20)/t10-/m0/s1. The summed E-state index contributed by atoms with van der Waals surface area (Å²) in [6, 6.07) is 0.950. The largest absolute Gasteiger partial charge is 0.480 e. The van der Waals surface area contributed by atoms with E-state index in [4.69, 9.17) is 5.11 Å². The van der Waals surface area contributed by atoms with Crippen molar-refractivity contribution in [1.29, 1.82) is 0 Å². The van der Waals surface area contributed by atoms with Crippen molar-refractivity contribution in [1.82, 2.24) is 9.88 Å². The topological polar surface area (TPSA) is 132 Å². The molecule has 0 fully saturated rings. The average molecular weight is 311 g/mol. The highest BCUT2D eigenvalue weighted by atomic mass is 16.6. The predicted octanol–water partition coefficient (Wildman–Crippen LogP) is 0.372. The maximum atomic E-state index is 11.8. The SMILES string of the molecule is CC(C)C[C@H](NC(=O)Cn1cc([N+](=O)[O-])ccc1=O)C(=O)O. The van der Waals surface area contributed by atoms with Crippen LogP contribution < -0.4 is 10.9 Å². The fourth-order valence-electron chi connectivity index (χ4n) is 1.84. The third-order valence-electron chi connectivity index (χ3n) is 2.83. The first-order valence-electron chi connectivity index (χ1n) is 6.57. The summed E-state index contributed by atoms with van der Waals surface area (Å²) in [6.07, 6.45) is 1.19. The molecule has 0 aliphatic heterocycles. The Labute approximate surface area is 125 Å². The van der Waals surface area contributed by atoms with Crippen LogP contribution in [0.5, 0.6) is 0 Å². The average Bonchev–Trinajstić information content (AvgIpc) is 2.39. The van der Waals surface area contributed by atoms with E-state index in [1.165, 1.54) is 0 Å². The molecular formula is C13H17N3O6. The van der Waals surface area contributed by atoms with E-state index in [0.717, 1.165) is 22.9 Å².